The lowest BCUT2D eigenvalue weighted by Gasteiger charge is -2.22. The lowest BCUT2D eigenvalue weighted by Crippen LogP contribution is -2.20. The van der Waals surface area contributed by atoms with Crippen molar-refractivity contribution in [3.05, 3.63) is 23.3 Å². The average molecular weight is 207 g/mol. The molecule has 0 fully saturated rings. The maximum Gasteiger partial charge on any atom is 0.164 e. The van der Waals surface area contributed by atoms with Crippen LogP contribution in [0.2, 0.25) is 0 Å². The molecule has 1 unspecified atom stereocenters. The smallest absolute Gasteiger partial charge is 0.164 e. The first-order valence-electron chi connectivity index (χ1n) is 5.32. The van der Waals surface area contributed by atoms with Gasteiger partial charge in [-0.3, -0.25) is 0 Å². The summed E-state index contributed by atoms with van der Waals surface area (Å²) >= 11 is 0. The molecule has 0 aliphatic carbocycles. The second-order valence-corrected chi connectivity index (χ2v) is 4.06. The van der Waals surface area contributed by atoms with Gasteiger partial charge in [-0.1, -0.05) is 6.07 Å². The summed E-state index contributed by atoms with van der Waals surface area (Å²) in [5, 5.41) is 0. The zero-order chi connectivity index (χ0) is 10.8. The van der Waals surface area contributed by atoms with Crippen molar-refractivity contribution < 1.29 is 9.47 Å². The third kappa shape index (κ3) is 2.07. The van der Waals surface area contributed by atoms with Crippen LogP contribution < -0.4 is 15.2 Å². The molecule has 0 saturated carbocycles. The van der Waals surface area contributed by atoms with Gasteiger partial charge in [0.25, 0.3) is 0 Å². The van der Waals surface area contributed by atoms with Gasteiger partial charge in [-0.25, -0.2) is 0 Å². The lowest BCUT2D eigenvalue weighted by atomic mass is 10.0. The van der Waals surface area contributed by atoms with Gasteiger partial charge in [0.05, 0.1) is 0 Å². The predicted octanol–water partition coefficient (Wildman–Crippen LogP) is 1.66. The molecule has 0 saturated heterocycles. The van der Waals surface area contributed by atoms with Gasteiger partial charge in [-0.15, -0.1) is 0 Å². The van der Waals surface area contributed by atoms with Crippen molar-refractivity contribution in [1.82, 2.24) is 0 Å². The molecule has 82 valence electrons. The first-order chi connectivity index (χ1) is 7.18. The van der Waals surface area contributed by atoms with Crippen LogP contribution in [0.5, 0.6) is 11.5 Å². The minimum Gasteiger partial charge on any atom is -0.486 e. The molecule has 3 nitrogen and oxygen atoms in total. The third-order valence-corrected chi connectivity index (χ3v) is 2.61. The van der Waals surface area contributed by atoms with E-state index in [2.05, 4.69) is 13.0 Å². The molecule has 1 heterocycles. The van der Waals surface area contributed by atoms with Gasteiger partial charge in [0.15, 0.2) is 11.5 Å². The first kappa shape index (κ1) is 10.3. The van der Waals surface area contributed by atoms with Gasteiger partial charge in [0.1, 0.15) is 13.2 Å². The summed E-state index contributed by atoms with van der Waals surface area (Å²) in [4.78, 5) is 0. The van der Waals surface area contributed by atoms with Crippen LogP contribution in [0.25, 0.3) is 0 Å². The van der Waals surface area contributed by atoms with Crippen LogP contribution in [0.4, 0.5) is 0 Å². The van der Waals surface area contributed by atoms with Gasteiger partial charge in [-0.2, -0.15) is 0 Å². The van der Waals surface area contributed by atoms with E-state index in [1.165, 1.54) is 5.56 Å². The Labute approximate surface area is 90.2 Å². The quantitative estimate of drug-likeness (QED) is 0.802. The van der Waals surface area contributed by atoms with Crippen molar-refractivity contribution in [3.63, 3.8) is 0 Å². The molecule has 0 amide bonds. The maximum atomic E-state index is 5.80. The maximum absolute atomic E-state index is 5.80. The van der Waals surface area contributed by atoms with Crippen LogP contribution in [0.1, 0.15) is 18.1 Å². The van der Waals surface area contributed by atoms with E-state index in [1.54, 1.807) is 0 Å². The van der Waals surface area contributed by atoms with Crippen LogP contribution in [0.3, 0.4) is 0 Å². The summed E-state index contributed by atoms with van der Waals surface area (Å²) in [6, 6.07) is 4.22. The third-order valence-electron chi connectivity index (χ3n) is 2.61. The molecule has 1 aromatic carbocycles. The van der Waals surface area contributed by atoms with Crippen LogP contribution in [-0.4, -0.2) is 19.3 Å². The van der Waals surface area contributed by atoms with Gasteiger partial charge < -0.3 is 15.2 Å². The Kier molecular flexibility index (Phi) is 2.82. The van der Waals surface area contributed by atoms with Crippen LogP contribution in [0.15, 0.2) is 12.1 Å². The number of hydrogen-bond acceptors (Lipinski definition) is 3. The summed E-state index contributed by atoms with van der Waals surface area (Å²) in [6.45, 7) is 5.34. The molecule has 2 rings (SSSR count). The van der Waals surface area contributed by atoms with Crippen molar-refractivity contribution in [3.8, 4) is 11.5 Å². The fourth-order valence-electron chi connectivity index (χ4n) is 1.86. The van der Waals surface area contributed by atoms with Gasteiger partial charge >= 0.3 is 0 Å². The Morgan fingerprint density at radius 1 is 1.33 bits per heavy atom. The van der Waals surface area contributed by atoms with E-state index in [1.807, 2.05) is 13.0 Å². The highest BCUT2D eigenvalue weighted by molar-refractivity contribution is 5.51. The zero-order valence-corrected chi connectivity index (χ0v) is 9.25. The van der Waals surface area contributed by atoms with E-state index in [4.69, 9.17) is 15.2 Å². The Balaban J connectivity index is 2.34. The zero-order valence-electron chi connectivity index (χ0n) is 9.25. The van der Waals surface area contributed by atoms with E-state index in [0.717, 1.165) is 23.5 Å². The summed E-state index contributed by atoms with van der Waals surface area (Å²) in [5.74, 6) is 1.74. The van der Waals surface area contributed by atoms with Gasteiger partial charge in [-0.05, 0) is 37.5 Å². The van der Waals surface area contributed by atoms with Gasteiger partial charge in [0, 0.05) is 6.04 Å². The van der Waals surface area contributed by atoms with Crippen molar-refractivity contribution >= 4 is 0 Å². The first-order valence-corrected chi connectivity index (χ1v) is 5.32. The average Bonchev–Trinajstić information content (AvgIpc) is 2.22. The number of fused-ring (bicyclic) bond motifs is 1. The predicted molar refractivity (Wildman–Crippen MR) is 59.5 cm³/mol. The largest absolute Gasteiger partial charge is 0.486 e. The number of benzene rings is 1. The normalized spacial score (nSPS) is 16.2. The number of nitrogens with two attached hydrogens (primary N) is 1. The summed E-state index contributed by atoms with van der Waals surface area (Å²) < 4.78 is 11.1. The fraction of sp³-hybridized carbons (Fsp3) is 0.500. The molecule has 1 aliphatic rings. The number of hydrogen-bond donors (Lipinski definition) is 1. The molecular formula is C12H17NO2. The van der Waals surface area contributed by atoms with Gasteiger partial charge in [0.2, 0.25) is 0 Å². The number of ether oxygens (including phenoxy) is 2. The Morgan fingerprint density at radius 2 is 2.07 bits per heavy atom. The lowest BCUT2D eigenvalue weighted by molar-refractivity contribution is 0.170. The molecule has 0 aromatic heterocycles. The Morgan fingerprint density at radius 3 is 2.80 bits per heavy atom. The molecular weight excluding hydrogens is 190 g/mol. The molecule has 1 atom stereocenters. The molecule has 3 heteroatoms. The van der Waals surface area contributed by atoms with Crippen molar-refractivity contribution in [2.75, 3.05) is 13.2 Å². The Bertz CT molecular complexity index is 361. The van der Waals surface area contributed by atoms with E-state index < -0.39 is 0 Å². The van der Waals surface area contributed by atoms with E-state index in [-0.39, 0.29) is 6.04 Å². The van der Waals surface area contributed by atoms with Crippen molar-refractivity contribution in [1.29, 1.82) is 0 Å². The fourth-order valence-corrected chi connectivity index (χ4v) is 1.86. The monoisotopic (exact) mass is 207 g/mol. The second-order valence-electron chi connectivity index (χ2n) is 4.06. The highest BCUT2D eigenvalue weighted by atomic mass is 16.6. The molecule has 2 N–H and O–H groups in total. The van der Waals surface area contributed by atoms with Crippen LogP contribution >= 0.6 is 0 Å². The van der Waals surface area contributed by atoms with Crippen LogP contribution in [-0.2, 0) is 6.42 Å². The summed E-state index contributed by atoms with van der Waals surface area (Å²) in [7, 11) is 0. The highest BCUT2D eigenvalue weighted by Gasteiger charge is 2.16. The highest BCUT2D eigenvalue weighted by Crippen LogP contribution is 2.35. The Hall–Kier alpha value is -1.22. The molecule has 0 radical (unpaired) electrons. The molecule has 0 bridgehead atoms. The minimum absolute atomic E-state index is 0.172. The van der Waals surface area contributed by atoms with E-state index in [9.17, 15) is 0 Å². The summed E-state index contributed by atoms with van der Waals surface area (Å²) in [5.41, 5.74) is 8.20. The molecule has 15 heavy (non-hydrogen) atoms. The minimum atomic E-state index is 0.172. The summed E-state index contributed by atoms with van der Waals surface area (Å²) in [6.07, 6.45) is 0.877. The topological polar surface area (TPSA) is 44.5 Å². The van der Waals surface area contributed by atoms with E-state index in [0.29, 0.717) is 13.2 Å². The number of rotatable bonds is 2. The second kappa shape index (κ2) is 4.11. The van der Waals surface area contributed by atoms with Crippen LogP contribution in [0, 0.1) is 6.92 Å². The van der Waals surface area contributed by atoms with Crippen molar-refractivity contribution in [2.24, 2.45) is 5.73 Å². The van der Waals surface area contributed by atoms with Crippen molar-refractivity contribution in [2.45, 2.75) is 26.3 Å². The standard InChI is InChI=1S/C12H17NO2/c1-8(13)7-10-3-4-11-12(9(10)2)15-6-5-14-11/h3-4,8H,5-7,13H2,1-2H3. The molecule has 0 spiro atoms. The molecule has 1 aromatic rings. The van der Waals surface area contributed by atoms with E-state index >= 15 is 0 Å². The SMILES string of the molecule is Cc1c(CC(C)N)ccc2c1OCCO2. The molecule has 1 aliphatic heterocycles.